The summed E-state index contributed by atoms with van der Waals surface area (Å²) in [5, 5.41) is 17.6. The highest BCUT2D eigenvalue weighted by Crippen LogP contribution is 2.19. The number of halogens is 1. The standard InChI is InChI=1S/C24H21FN6O2/c1-15-6-5-7-18(12-15)26-24(33)19-8-3-4-9-21(19)27-22(32)14-31-29-23(28-30-31)17-10-11-20(25)16(2)13-17/h3-13H,14H2,1-2H3,(H,26,33)(H,27,32). The topological polar surface area (TPSA) is 102 Å². The molecular weight excluding hydrogens is 423 g/mol. The second-order valence-corrected chi connectivity index (χ2v) is 7.52. The van der Waals surface area contributed by atoms with Gasteiger partial charge in [0.05, 0.1) is 11.3 Å². The first kappa shape index (κ1) is 21.8. The SMILES string of the molecule is Cc1cccc(NC(=O)c2ccccc2NC(=O)Cn2nnc(-c3ccc(F)c(C)c3)n2)c1. The average Bonchev–Trinajstić information content (AvgIpc) is 3.24. The van der Waals surface area contributed by atoms with Gasteiger partial charge in [-0.15, -0.1) is 10.2 Å². The predicted molar refractivity (Wildman–Crippen MR) is 122 cm³/mol. The lowest BCUT2D eigenvalue weighted by Crippen LogP contribution is -2.23. The van der Waals surface area contributed by atoms with E-state index in [1.807, 2.05) is 25.1 Å². The molecule has 2 amide bonds. The van der Waals surface area contributed by atoms with E-state index in [9.17, 15) is 14.0 Å². The number of carbonyl (C=O) groups is 2. The van der Waals surface area contributed by atoms with Crippen LogP contribution in [-0.2, 0) is 11.3 Å². The van der Waals surface area contributed by atoms with Gasteiger partial charge in [0, 0.05) is 11.3 Å². The molecule has 0 aliphatic carbocycles. The van der Waals surface area contributed by atoms with E-state index in [0.717, 1.165) is 10.4 Å². The lowest BCUT2D eigenvalue weighted by atomic mass is 10.1. The molecule has 0 fully saturated rings. The number of hydrogen-bond donors (Lipinski definition) is 2. The summed E-state index contributed by atoms with van der Waals surface area (Å²) in [5.41, 5.74) is 3.42. The third-order valence-corrected chi connectivity index (χ3v) is 4.88. The molecule has 0 aliphatic heterocycles. The predicted octanol–water partition coefficient (Wildman–Crippen LogP) is 3.99. The zero-order valence-corrected chi connectivity index (χ0v) is 18.0. The van der Waals surface area contributed by atoms with Gasteiger partial charge in [-0.1, -0.05) is 24.3 Å². The summed E-state index contributed by atoms with van der Waals surface area (Å²) < 4.78 is 13.5. The van der Waals surface area contributed by atoms with Gasteiger partial charge >= 0.3 is 0 Å². The first-order chi connectivity index (χ1) is 15.9. The highest BCUT2D eigenvalue weighted by atomic mass is 19.1. The number of rotatable bonds is 6. The Balaban J connectivity index is 1.44. The number of nitrogens with one attached hydrogen (secondary N) is 2. The van der Waals surface area contributed by atoms with E-state index < -0.39 is 5.91 Å². The number of carbonyl (C=O) groups excluding carboxylic acids is 2. The van der Waals surface area contributed by atoms with E-state index in [1.54, 1.807) is 49.4 Å². The highest BCUT2D eigenvalue weighted by molar-refractivity contribution is 6.10. The first-order valence-electron chi connectivity index (χ1n) is 10.2. The lowest BCUT2D eigenvalue weighted by Gasteiger charge is -2.11. The number of aromatic nitrogens is 4. The number of tetrazole rings is 1. The van der Waals surface area contributed by atoms with Gasteiger partial charge in [-0.3, -0.25) is 9.59 Å². The fourth-order valence-electron chi connectivity index (χ4n) is 3.24. The summed E-state index contributed by atoms with van der Waals surface area (Å²) in [6.07, 6.45) is 0. The Kier molecular flexibility index (Phi) is 6.21. The minimum atomic E-state index is -0.426. The van der Waals surface area contributed by atoms with E-state index in [1.165, 1.54) is 6.07 Å². The van der Waals surface area contributed by atoms with Crippen LogP contribution in [0.4, 0.5) is 15.8 Å². The maximum atomic E-state index is 13.5. The van der Waals surface area contributed by atoms with Gasteiger partial charge in [-0.05, 0) is 72.7 Å². The summed E-state index contributed by atoms with van der Waals surface area (Å²) in [6.45, 7) is 3.37. The molecule has 0 spiro atoms. The lowest BCUT2D eigenvalue weighted by molar-refractivity contribution is -0.117. The molecule has 3 aromatic carbocycles. The van der Waals surface area contributed by atoms with Crippen LogP contribution in [0.15, 0.2) is 66.7 Å². The van der Waals surface area contributed by atoms with Crippen LogP contribution in [0.25, 0.3) is 11.4 Å². The van der Waals surface area contributed by atoms with Crippen LogP contribution in [0.5, 0.6) is 0 Å². The van der Waals surface area contributed by atoms with Crippen molar-refractivity contribution in [1.29, 1.82) is 0 Å². The van der Waals surface area contributed by atoms with Crippen molar-refractivity contribution in [3.05, 3.63) is 89.2 Å². The number of para-hydroxylation sites is 1. The van der Waals surface area contributed by atoms with Crippen molar-refractivity contribution in [1.82, 2.24) is 20.2 Å². The molecule has 0 radical (unpaired) electrons. The third kappa shape index (κ3) is 5.27. The maximum absolute atomic E-state index is 13.5. The van der Waals surface area contributed by atoms with Crippen molar-refractivity contribution >= 4 is 23.2 Å². The molecule has 0 bridgehead atoms. The molecule has 2 N–H and O–H groups in total. The van der Waals surface area contributed by atoms with Gasteiger partial charge in [0.2, 0.25) is 11.7 Å². The Bertz CT molecular complexity index is 1330. The van der Waals surface area contributed by atoms with Crippen LogP contribution >= 0.6 is 0 Å². The molecule has 0 saturated carbocycles. The van der Waals surface area contributed by atoms with Gasteiger partial charge < -0.3 is 10.6 Å². The van der Waals surface area contributed by atoms with Crippen molar-refractivity contribution in [3.63, 3.8) is 0 Å². The van der Waals surface area contributed by atoms with Gasteiger partial charge in [-0.2, -0.15) is 4.80 Å². The second-order valence-electron chi connectivity index (χ2n) is 7.52. The normalized spacial score (nSPS) is 10.6. The molecular formula is C24H21FN6O2. The summed E-state index contributed by atoms with van der Waals surface area (Å²) >= 11 is 0. The first-order valence-corrected chi connectivity index (χ1v) is 10.2. The van der Waals surface area contributed by atoms with Gasteiger partial charge in [0.1, 0.15) is 12.4 Å². The molecule has 33 heavy (non-hydrogen) atoms. The summed E-state index contributed by atoms with van der Waals surface area (Å²) in [6, 6.07) is 18.6. The molecule has 0 saturated heterocycles. The largest absolute Gasteiger partial charge is 0.324 e. The number of nitrogens with zero attached hydrogens (tertiary/aromatic N) is 4. The van der Waals surface area contributed by atoms with Crippen LogP contribution in [0.3, 0.4) is 0 Å². The molecule has 166 valence electrons. The average molecular weight is 444 g/mol. The molecule has 1 aromatic heterocycles. The Morgan fingerprint density at radius 1 is 0.970 bits per heavy atom. The van der Waals surface area contributed by atoms with E-state index in [2.05, 4.69) is 26.0 Å². The van der Waals surface area contributed by atoms with Crippen LogP contribution in [0.2, 0.25) is 0 Å². The summed E-state index contributed by atoms with van der Waals surface area (Å²) in [4.78, 5) is 26.5. The van der Waals surface area contributed by atoms with Crippen molar-refractivity contribution in [2.24, 2.45) is 0 Å². The number of hydrogen-bond acceptors (Lipinski definition) is 5. The molecule has 1 heterocycles. The van der Waals surface area contributed by atoms with E-state index >= 15 is 0 Å². The number of aryl methyl sites for hydroxylation is 2. The van der Waals surface area contributed by atoms with E-state index in [4.69, 9.17) is 0 Å². The van der Waals surface area contributed by atoms with Gasteiger partial charge in [-0.25, -0.2) is 4.39 Å². The highest BCUT2D eigenvalue weighted by Gasteiger charge is 2.15. The fraction of sp³-hybridized carbons (Fsp3) is 0.125. The van der Waals surface area contributed by atoms with E-state index in [0.29, 0.717) is 28.1 Å². The van der Waals surface area contributed by atoms with E-state index in [-0.39, 0.29) is 24.1 Å². The Hall–Kier alpha value is -4.40. The van der Waals surface area contributed by atoms with Crippen molar-refractivity contribution in [2.45, 2.75) is 20.4 Å². The number of anilines is 2. The van der Waals surface area contributed by atoms with Crippen LogP contribution in [0, 0.1) is 19.7 Å². The van der Waals surface area contributed by atoms with Crippen molar-refractivity contribution in [3.8, 4) is 11.4 Å². The summed E-state index contributed by atoms with van der Waals surface area (Å²) in [7, 11) is 0. The monoisotopic (exact) mass is 444 g/mol. The number of amides is 2. The fourth-order valence-corrected chi connectivity index (χ4v) is 3.24. The molecule has 0 atom stereocenters. The second kappa shape index (κ2) is 9.39. The Morgan fingerprint density at radius 3 is 2.58 bits per heavy atom. The molecule has 4 rings (SSSR count). The van der Waals surface area contributed by atoms with Crippen molar-refractivity contribution in [2.75, 3.05) is 10.6 Å². The molecule has 0 unspecified atom stereocenters. The van der Waals surface area contributed by atoms with Crippen LogP contribution < -0.4 is 10.6 Å². The quantitative estimate of drug-likeness (QED) is 0.468. The molecule has 4 aromatic rings. The zero-order chi connectivity index (χ0) is 23.4. The van der Waals surface area contributed by atoms with Crippen LogP contribution in [-0.4, -0.2) is 32.0 Å². The Labute approximate surface area is 189 Å². The smallest absolute Gasteiger partial charge is 0.257 e. The number of benzene rings is 3. The van der Waals surface area contributed by atoms with Crippen LogP contribution in [0.1, 0.15) is 21.5 Å². The molecule has 9 heteroatoms. The molecule has 8 nitrogen and oxygen atoms in total. The molecule has 0 aliphatic rings. The van der Waals surface area contributed by atoms with Crippen molar-refractivity contribution < 1.29 is 14.0 Å². The Morgan fingerprint density at radius 2 is 1.79 bits per heavy atom. The van der Waals surface area contributed by atoms with Gasteiger partial charge in [0.15, 0.2) is 0 Å². The minimum Gasteiger partial charge on any atom is -0.324 e. The minimum absolute atomic E-state index is 0.207. The third-order valence-electron chi connectivity index (χ3n) is 4.88. The maximum Gasteiger partial charge on any atom is 0.257 e. The zero-order valence-electron chi connectivity index (χ0n) is 18.0. The summed E-state index contributed by atoms with van der Waals surface area (Å²) in [5.74, 6) is -0.811. The van der Waals surface area contributed by atoms with Gasteiger partial charge in [0.25, 0.3) is 5.91 Å².